The van der Waals surface area contributed by atoms with Crippen LogP contribution >= 0.6 is 7.29 Å². The Morgan fingerprint density at radius 1 is 0.720 bits per heavy atom. The summed E-state index contributed by atoms with van der Waals surface area (Å²) in [6, 6.07) is 29.2. The van der Waals surface area contributed by atoms with Crippen LogP contribution in [0.25, 0.3) is 0 Å². The largest absolute Gasteiger partial charge is 0.288 e. The van der Waals surface area contributed by atoms with Gasteiger partial charge in [0, 0.05) is 10.6 Å². The lowest BCUT2D eigenvalue weighted by molar-refractivity contribution is 0.588. The predicted octanol–water partition coefficient (Wildman–Crippen LogP) is 5.06. The third-order valence-corrected chi connectivity index (χ3v) is 6.57. The van der Waals surface area contributed by atoms with E-state index in [1.54, 1.807) is 0 Å². The summed E-state index contributed by atoms with van der Waals surface area (Å²) < 4.78 is 19.0. The summed E-state index contributed by atoms with van der Waals surface area (Å²) in [6.45, 7) is 4.18. The topological polar surface area (TPSA) is 29.4 Å². The number of hydrogen-bond acceptors (Lipinski definition) is 1. The Balaban J connectivity index is 2.23. The van der Waals surface area contributed by atoms with Crippen molar-refractivity contribution in [3.63, 3.8) is 0 Å². The summed E-state index contributed by atoms with van der Waals surface area (Å²) in [4.78, 5) is 0. The molecule has 3 aromatic carbocycles. The molecule has 3 rings (SSSR count). The molecule has 0 fully saturated rings. The van der Waals surface area contributed by atoms with Gasteiger partial charge < -0.3 is 0 Å². The summed E-state index contributed by atoms with van der Waals surface area (Å²) in [5, 5.41) is 1.52. The van der Waals surface area contributed by atoms with E-state index >= 15 is 0 Å². The van der Waals surface area contributed by atoms with Crippen molar-refractivity contribution >= 4 is 23.6 Å². The van der Waals surface area contributed by atoms with Gasteiger partial charge in [0.25, 0.3) is 0 Å². The maximum Gasteiger partial charge on any atom is 0.247 e. The second-order valence-electron chi connectivity index (χ2n) is 6.25. The van der Waals surface area contributed by atoms with E-state index in [2.05, 4.69) is 13.8 Å². The molecule has 0 amide bonds. The van der Waals surface area contributed by atoms with Gasteiger partial charge in [0.05, 0.1) is 5.71 Å². The molecule has 0 bridgehead atoms. The van der Waals surface area contributed by atoms with Crippen LogP contribution in [-0.2, 0) is 4.57 Å². The Morgan fingerprint density at radius 2 is 1.12 bits per heavy atom. The monoisotopic (exact) mass is 347 g/mol. The molecule has 126 valence electrons. The zero-order valence-corrected chi connectivity index (χ0v) is 15.4. The summed E-state index contributed by atoms with van der Waals surface area (Å²) in [5.74, 6) is 0.170. The van der Waals surface area contributed by atoms with E-state index in [9.17, 15) is 4.57 Å². The Labute approximate surface area is 149 Å². The highest BCUT2D eigenvalue weighted by Gasteiger charge is 2.28. The molecular formula is C22H22NOP. The second-order valence-corrected chi connectivity index (χ2v) is 8.64. The van der Waals surface area contributed by atoms with Gasteiger partial charge >= 0.3 is 0 Å². The van der Waals surface area contributed by atoms with Gasteiger partial charge in [-0.1, -0.05) is 80.6 Å². The van der Waals surface area contributed by atoms with Crippen molar-refractivity contribution in [3.05, 3.63) is 96.6 Å². The minimum atomic E-state index is -3.11. The minimum Gasteiger partial charge on any atom is -0.288 e. The SMILES string of the molecule is CC(C)/C(=N\P(=O)(c1ccccc1)c1ccccc1)c1ccccc1. The van der Waals surface area contributed by atoms with Crippen molar-refractivity contribution in [2.75, 3.05) is 0 Å². The first-order valence-electron chi connectivity index (χ1n) is 8.48. The van der Waals surface area contributed by atoms with Crippen LogP contribution in [0.2, 0.25) is 0 Å². The van der Waals surface area contributed by atoms with Gasteiger partial charge in [-0.25, -0.2) is 4.76 Å². The van der Waals surface area contributed by atoms with E-state index in [-0.39, 0.29) is 5.92 Å². The number of benzene rings is 3. The maximum absolute atomic E-state index is 14.1. The standard InChI is InChI=1S/C22H22NOP/c1-18(2)22(19-12-6-3-7-13-19)23-25(24,20-14-8-4-9-15-20)21-16-10-5-11-17-21/h3-18H,1-2H3/b23-22+. The highest BCUT2D eigenvalue weighted by Crippen LogP contribution is 2.46. The lowest BCUT2D eigenvalue weighted by atomic mass is 10.0. The first kappa shape index (κ1) is 17.4. The smallest absolute Gasteiger partial charge is 0.247 e. The average molecular weight is 347 g/mol. The highest BCUT2D eigenvalue weighted by molar-refractivity contribution is 7.77. The third kappa shape index (κ3) is 3.81. The first-order valence-corrected chi connectivity index (χ1v) is 10.1. The highest BCUT2D eigenvalue weighted by atomic mass is 31.2. The lowest BCUT2D eigenvalue weighted by Crippen LogP contribution is -2.18. The van der Waals surface area contributed by atoms with Crippen LogP contribution in [0.4, 0.5) is 0 Å². The maximum atomic E-state index is 14.1. The fourth-order valence-electron chi connectivity index (χ4n) is 2.79. The Kier molecular flexibility index (Phi) is 5.31. The molecular weight excluding hydrogens is 325 g/mol. The van der Waals surface area contributed by atoms with E-state index in [0.29, 0.717) is 0 Å². The fourth-order valence-corrected chi connectivity index (χ4v) is 5.12. The Hall–Kier alpha value is -2.44. The van der Waals surface area contributed by atoms with Crippen molar-refractivity contribution in [2.45, 2.75) is 13.8 Å². The molecule has 0 unspecified atom stereocenters. The van der Waals surface area contributed by atoms with Gasteiger partial charge in [0.1, 0.15) is 0 Å². The van der Waals surface area contributed by atoms with Crippen LogP contribution in [0.3, 0.4) is 0 Å². The van der Waals surface area contributed by atoms with E-state index in [4.69, 9.17) is 4.76 Å². The van der Waals surface area contributed by atoms with Crippen LogP contribution in [0.1, 0.15) is 19.4 Å². The number of nitrogens with zero attached hydrogens (tertiary/aromatic N) is 1. The summed E-state index contributed by atoms with van der Waals surface area (Å²) in [7, 11) is -3.11. The zero-order valence-electron chi connectivity index (χ0n) is 14.5. The van der Waals surface area contributed by atoms with Gasteiger partial charge in [0.15, 0.2) is 0 Å². The molecule has 0 aliphatic rings. The molecule has 0 atom stereocenters. The molecule has 3 aromatic rings. The number of hydrogen-bond donors (Lipinski definition) is 0. The Morgan fingerprint density at radius 3 is 1.52 bits per heavy atom. The van der Waals surface area contributed by atoms with Crippen molar-refractivity contribution in [3.8, 4) is 0 Å². The van der Waals surface area contributed by atoms with Crippen molar-refractivity contribution < 1.29 is 4.57 Å². The quantitative estimate of drug-likeness (QED) is 0.468. The van der Waals surface area contributed by atoms with E-state index in [0.717, 1.165) is 21.9 Å². The average Bonchev–Trinajstić information content (AvgIpc) is 2.68. The van der Waals surface area contributed by atoms with Gasteiger partial charge in [-0.05, 0) is 35.7 Å². The molecule has 0 saturated carbocycles. The molecule has 0 aliphatic carbocycles. The predicted molar refractivity (Wildman–Crippen MR) is 108 cm³/mol. The van der Waals surface area contributed by atoms with Gasteiger partial charge in [-0.3, -0.25) is 4.57 Å². The van der Waals surface area contributed by atoms with Crippen LogP contribution in [-0.4, -0.2) is 5.71 Å². The van der Waals surface area contributed by atoms with Gasteiger partial charge in [-0.2, -0.15) is 0 Å². The van der Waals surface area contributed by atoms with Crippen LogP contribution < -0.4 is 10.6 Å². The molecule has 0 aromatic heterocycles. The van der Waals surface area contributed by atoms with E-state index < -0.39 is 7.29 Å². The van der Waals surface area contributed by atoms with E-state index in [1.807, 2.05) is 91.0 Å². The van der Waals surface area contributed by atoms with E-state index in [1.165, 1.54) is 0 Å². The van der Waals surface area contributed by atoms with Crippen LogP contribution in [0.5, 0.6) is 0 Å². The molecule has 3 heteroatoms. The first-order chi connectivity index (χ1) is 12.1. The second kappa shape index (κ2) is 7.63. The van der Waals surface area contributed by atoms with Crippen molar-refractivity contribution in [1.29, 1.82) is 0 Å². The molecule has 0 heterocycles. The molecule has 0 saturated heterocycles. The summed E-state index contributed by atoms with van der Waals surface area (Å²) >= 11 is 0. The molecule has 25 heavy (non-hydrogen) atoms. The minimum absolute atomic E-state index is 0.170. The van der Waals surface area contributed by atoms with Crippen molar-refractivity contribution in [2.24, 2.45) is 10.7 Å². The van der Waals surface area contributed by atoms with Crippen molar-refractivity contribution in [1.82, 2.24) is 0 Å². The van der Waals surface area contributed by atoms with Gasteiger partial charge in [-0.15, -0.1) is 0 Å². The van der Waals surface area contributed by atoms with Crippen LogP contribution in [0, 0.1) is 5.92 Å². The zero-order chi connectivity index (χ0) is 17.7. The lowest BCUT2D eigenvalue weighted by Gasteiger charge is -2.19. The fraction of sp³-hybridized carbons (Fsp3) is 0.136. The Bertz CT molecular complexity index is 844. The molecule has 0 aliphatic heterocycles. The molecule has 2 nitrogen and oxygen atoms in total. The van der Waals surface area contributed by atoms with Gasteiger partial charge in [0.2, 0.25) is 7.29 Å². The van der Waals surface area contributed by atoms with Crippen LogP contribution in [0.15, 0.2) is 95.8 Å². The summed E-state index contributed by atoms with van der Waals surface area (Å²) in [5.41, 5.74) is 1.89. The third-order valence-electron chi connectivity index (χ3n) is 4.08. The normalized spacial score (nSPS) is 12.4. The summed E-state index contributed by atoms with van der Waals surface area (Å²) in [6.07, 6.45) is 0. The molecule has 0 radical (unpaired) electrons. The number of rotatable bonds is 5. The molecule has 0 N–H and O–H groups in total. The molecule has 0 spiro atoms.